The van der Waals surface area contributed by atoms with E-state index >= 15 is 0 Å². The molecule has 1 aliphatic carbocycles. The van der Waals surface area contributed by atoms with Crippen molar-refractivity contribution in [3.8, 4) is 5.00 Å². The molecule has 2 amide bonds. The summed E-state index contributed by atoms with van der Waals surface area (Å²) in [7, 11) is 0. The van der Waals surface area contributed by atoms with Crippen LogP contribution in [0.2, 0.25) is 0 Å². The number of fused-ring (bicyclic) bond motifs is 5. The highest BCUT2D eigenvalue weighted by molar-refractivity contribution is 9.10. The maximum absolute atomic E-state index is 13.8. The molecule has 4 aromatic rings. The van der Waals surface area contributed by atoms with Crippen molar-refractivity contribution in [3.05, 3.63) is 91.2 Å². The lowest BCUT2D eigenvalue weighted by atomic mass is 9.95. The van der Waals surface area contributed by atoms with Crippen LogP contribution in [0.25, 0.3) is 5.00 Å². The number of rotatable bonds is 2. The first-order chi connectivity index (χ1) is 15.7. The number of carbonyl (C=O) groups excluding carboxylic acids is 1. The number of aromatic nitrogens is 1. The minimum absolute atomic E-state index is 0.0714. The molecule has 1 aromatic carbocycles. The molecule has 162 valence electrons. The number of benzene rings is 1. The summed E-state index contributed by atoms with van der Waals surface area (Å²) in [5.41, 5.74) is 4.74. The SMILES string of the molecule is O=C(Nc1cccc(Br)c1)N1Cc2c(sc3c2CCCC3)-n2cccc2[C@H]1c1cccs1. The van der Waals surface area contributed by atoms with Crippen molar-refractivity contribution < 1.29 is 4.79 Å². The molecule has 0 spiro atoms. The van der Waals surface area contributed by atoms with Crippen LogP contribution in [0.1, 0.15) is 45.5 Å². The maximum atomic E-state index is 13.8. The summed E-state index contributed by atoms with van der Waals surface area (Å²) in [6.07, 6.45) is 6.92. The van der Waals surface area contributed by atoms with Gasteiger partial charge >= 0.3 is 6.03 Å². The number of urea groups is 1. The van der Waals surface area contributed by atoms with E-state index in [2.05, 4.69) is 61.7 Å². The molecule has 1 aliphatic heterocycles. The molecule has 32 heavy (non-hydrogen) atoms. The summed E-state index contributed by atoms with van der Waals surface area (Å²) in [6, 6.07) is 16.1. The Kier molecular flexibility index (Phi) is 5.20. The number of nitrogens with zero attached hydrogens (tertiary/aromatic N) is 2. The molecule has 0 saturated carbocycles. The molecule has 0 radical (unpaired) electrons. The highest BCUT2D eigenvalue weighted by Crippen LogP contribution is 2.44. The van der Waals surface area contributed by atoms with E-state index in [1.165, 1.54) is 38.7 Å². The summed E-state index contributed by atoms with van der Waals surface area (Å²) in [5, 5.41) is 6.53. The van der Waals surface area contributed by atoms with Gasteiger partial charge in [-0.3, -0.25) is 0 Å². The first kappa shape index (κ1) is 20.3. The van der Waals surface area contributed by atoms with E-state index in [9.17, 15) is 4.79 Å². The van der Waals surface area contributed by atoms with Crippen LogP contribution in [0, 0.1) is 0 Å². The third-order valence-corrected chi connectivity index (χ3v) is 9.08. The second-order valence-corrected chi connectivity index (χ2v) is 11.3. The Balaban J connectivity index is 1.49. The fraction of sp³-hybridized carbons (Fsp3) is 0.240. The number of thiophene rings is 2. The van der Waals surface area contributed by atoms with Crippen molar-refractivity contribution in [2.24, 2.45) is 0 Å². The zero-order valence-electron chi connectivity index (χ0n) is 17.4. The second-order valence-electron chi connectivity index (χ2n) is 8.28. The molecule has 4 nitrogen and oxygen atoms in total. The Morgan fingerprint density at radius 2 is 1.97 bits per heavy atom. The van der Waals surface area contributed by atoms with Gasteiger partial charge in [0.1, 0.15) is 11.0 Å². The molecule has 0 fully saturated rings. The van der Waals surface area contributed by atoms with Gasteiger partial charge in [-0.25, -0.2) is 4.79 Å². The predicted octanol–water partition coefficient (Wildman–Crippen LogP) is 7.38. The van der Waals surface area contributed by atoms with Crippen molar-refractivity contribution in [1.29, 1.82) is 0 Å². The Morgan fingerprint density at radius 1 is 1.06 bits per heavy atom. The Hall–Kier alpha value is -2.35. The van der Waals surface area contributed by atoms with Gasteiger partial charge in [-0.15, -0.1) is 22.7 Å². The molecule has 0 saturated heterocycles. The van der Waals surface area contributed by atoms with Crippen LogP contribution >= 0.6 is 38.6 Å². The Bertz CT molecular complexity index is 1290. The summed E-state index contributed by atoms with van der Waals surface area (Å²) in [6.45, 7) is 0.616. The minimum Gasteiger partial charge on any atom is -0.310 e. The van der Waals surface area contributed by atoms with E-state index in [0.717, 1.165) is 28.7 Å². The van der Waals surface area contributed by atoms with Crippen molar-refractivity contribution in [3.63, 3.8) is 0 Å². The minimum atomic E-state index is -0.129. The number of carbonyl (C=O) groups is 1. The van der Waals surface area contributed by atoms with Crippen LogP contribution in [0.3, 0.4) is 0 Å². The lowest BCUT2D eigenvalue weighted by molar-refractivity contribution is 0.195. The molecular formula is C25H22BrN3OS2. The van der Waals surface area contributed by atoms with Crippen LogP contribution in [0.5, 0.6) is 0 Å². The number of nitrogens with one attached hydrogen (secondary N) is 1. The van der Waals surface area contributed by atoms with Gasteiger partial charge < -0.3 is 14.8 Å². The maximum Gasteiger partial charge on any atom is 0.323 e. The zero-order chi connectivity index (χ0) is 21.7. The van der Waals surface area contributed by atoms with E-state index in [-0.39, 0.29) is 12.1 Å². The molecule has 7 heteroatoms. The monoisotopic (exact) mass is 523 g/mol. The van der Waals surface area contributed by atoms with Crippen molar-refractivity contribution in [2.75, 3.05) is 5.32 Å². The Labute approximate surface area is 203 Å². The van der Waals surface area contributed by atoms with Gasteiger partial charge in [0.25, 0.3) is 0 Å². The Morgan fingerprint density at radius 3 is 2.81 bits per heavy atom. The van der Waals surface area contributed by atoms with Crippen LogP contribution < -0.4 is 5.32 Å². The summed E-state index contributed by atoms with van der Waals surface area (Å²) < 4.78 is 3.28. The summed E-state index contributed by atoms with van der Waals surface area (Å²) in [5.74, 6) is 0. The van der Waals surface area contributed by atoms with Crippen LogP contribution in [-0.4, -0.2) is 15.5 Å². The molecule has 4 heterocycles. The number of hydrogen-bond acceptors (Lipinski definition) is 3. The van der Waals surface area contributed by atoms with Gasteiger partial charge in [-0.05, 0) is 73.0 Å². The van der Waals surface area contributed by atoms with E-state index in [4.69, 9.17) is 0 Å². The quantitative estimate of drug-likeness (QED) is 0.292. The average Bonchev–Trinajstić information content (AvgIpc) is 3.53. The number of aryl methyl sites for hydroxylation is 1. The van der Waals surface area contributed by atoms with E-state index < -0.39 is 0 Å². The number of halogens is 1. The van der Waals surface area contributed by atoms with Crippen molar-refractivity contribution >= 4 is 50.3 Å². The summed E-state index contributed by atoms with van der Waals surface area (Å²) >= 11 is 7.14. The van der Waals surface area contributed by atoms with Gasteiger partial charge in [0, 0.05) is 31.7 Å². The molecular weight excluding hydrogens is 502 g/mol. The third kappa shape index (κ3) is 3.43. The normalized spacial score (nSPS) is 17.3. The standard InChI is InChI=1S/C25H22BrN3OS2/c26-16-6-3-7-17(14-16)27-25(30)29-15-19-18-8-1-2-10-21(18)32-24(19)28-12-4-9-20(28)23(29)22-11-5-13-31-22/h3-7,9,11-14,23H,1-2,8,10,15H2,(H,27,30)/t23-/m0/s1. The zero-order valence-corrected chi connectivity index (χ0v) is 20.6. The smallest absolute Gasteiger partial charge is 0.310 e. The average molecular weight is 525 g/mol. The lowest BCUT2D eigenvalue weighted by Gasteiger charge is -2.30. The topological polar surface area (TPSA) is 37.3 Å². The van der Waals surface area contributed by atoms with Gasteiger partial charge in [-0.1, -0.05) is 28.1 Å². The molecule has 3 aromatic heterocycles. The highest BCUT2D eigenvalue weighted by atomic mass is 79.9. The third-order valence-electron chi connectivity index (χ3n) is 6.33. The van der Waals surface area contributed by atoms with E-state index in [0.29, 0.717) is 6.54 Å². The molecule has 1 N–H and O–H groups in total. The first-order valence-corrected chi connectivity index (χ1v) is 13.4. The number of hydrogen-bond donors (Lipinski definition) is 1. The van der Waals surface area contributed by atoms with Crippen LogP contribution in [0.15, 0.2) is 64.6 Å². The van der Waals surface area contributed by atoms with E-state index in [1.807, 2.05) is 40.5 Å². The van der Waals surface area contributed by atoms with E-state index in [1.54, 1.807) is 11.3 Å². The summed E-state index contributed by atoms with van der Waals surface area (Å²) in [4.78, 5) is 18.5. The fourth-order valence-corrected chi connectivity index (χ4v) is 7.55. The molecule has 0 unspecified atom stereocenters. The van der Waals surface area contributed by atoms with Gasteiger partial charge in [0.15, 0.2) is 0 Å². The second kappa shape index (κ2) is 8.21. The lowest BCUT2D eigenvalue weighted by Crippen LogP contribution is -2.37. The molecule has 2 aliphatic rings. The van der Waals surface area contributed by atoms with Crippen LogP contribution in [0.4, 0.5) is 10.5 Å². The number of anilines is 1. The van der Waals surface area contributed by atoms with Crippen molar-refractivity contribution in [1.82, 2.24) is 9.47 Å². The number of amides is 2. The van der Waals surface area contributed by atoms with Gasteiger partial charge in [0.05, 0.1) is 12.2 Å². The van der Waals surface area contributed by atoms with Crippen LogP contribution in [-0.2, 0) is 19.4 Å². The first-order valence-electron chi connectivity index (χ1n) is 10.9. The fourth-order valence-electron chi connectivity index (χ4n) is 4.89. The largest absolute Gasteiger partial charge is 0.323 e. The predicted molar refractivity (Wildman–Crippen MR) is 135 cm³/mol. The molecule has 6 rings (SSSR count). The molecule has 0 bridgehead atoms. The van der Waals surface area contributed by atoms with Gasteiger partial charge in [0.2, 0.25) is 0 Å². The molecule has 1 atom stereocenters. The highest BCUT2D eigenvalue weighted by Gasteiger charge is 2.36. The van der Waals surface area contributed by atoms with Crippen molar-refractivity contribution in [2.45, 2.75) is 38.3 Å². The van der Waals surface area contributed by atoms with Gasteiger partial charge in [-0.2, -0.15) is 0 Å².